The average Bonchev–Trinajstić information content (AvgIpc) is 3.63. The van der Waals surface area contributed by atoms with Crippen molar-refractivity contribution in [1.29, 1.82) is 0 Å². The van der Waals surface area contributed by atoms with E-state index in [1.165, 1.54) is 0 Å². The summed E-state index contributed by atoms with van der Waals surface area (Å²) >= 11 is 6.06. The zero-order valence-corrected chi connectivity index (χ0v) is 24.4. The molecule has 1 aliphatic heterocycles. The molecule has 8 heteroatoms. The summed E-state index contributed by atoms with van der Waals surface area (Å²) in [5, 5.41) is 9.70. The van der Waals surface area contributed by atoms with E-state index < -0.39 is 10.0 Å². The van der Waals surface area contributed by atoms with E-state index in [0.29, 0.717) is 29.3 Å². The number of carbonyl (C=O) groups is 1. The summed E-state index contributed by atoms with van der Waals surface area (Å²) in [5.74, 6) is 0.189. The van der Waals surface area contributed by atoms with Gasteiger partial charge < -0.3 is 10.0 Å². The van der Waals surface area contributed by atoms with Crippen molar-refractivity contribution >= 4 is 27.5 Å². The molecule has 0 radical (unpaired) electrons. The number of nitrogens with zero attached hydrogens (tertiary/aromatic N) is 2. The largest absolute Gasteiger partial charge is 0.396 e. The standard InChI is InChI=1S/C29H47ClN2O4S/c1-3-5-10-25-11-9-12-26(32(25)37(35,36)27-15-13-24(30)14-16-27)22-29(17-18-29)23-28(34)31(19-6-4-2)20-7-8-21-33/h13-16,25-26,33H,3-12,17-23H2,1-2H3. The first-order chi connectivity index (χ1) is 17.8. The van der Waals surface area contributed by atoms with Gasteiger partial charge in [0.1, 0.15) is 0 Å². The Kier molecular flexibility index (Phi) is 11.7. The van der Waals surface area contributed by atoms with Gasteiger partial charge in [-0.3, -0.25) is 4.79 Å². The third-order valence-electron chi connectivity index (χ3n) is 8.20. The van der Waals surface area contributed by atoms with E-state index >= 15 is 0 Å². The Morgan fingerprint density at radius 3 is 2.30 bits per heavy atom. The molecule has 6 nitrogen and oxygen atoms in total. The normalized spacial score (nSPS) is 21.6. The van der Waals surface area contributed by atoms with Gasteiger partial charge in [0.05, 0.1) is 4.90 Å². The van der Waals surface area contributed by atoms with Gasteiger partial charge >= 0.3 is 0 Å². The van der Waals surface area contributed by atoms with Gasteiger partial charge in [0.2, 0.25) is 15.9 Å². The van der Waals surface area contributed by atoms with Crippen molar-refractivity contribution in [3.8, 4) is 0 Å². The number of aliphatic hydroxyl groups is 1. The highest BCUT2D eigenvalue weighted by molar-refractivity contribution is 7.89. The molecule has 2 aliphatic rings. The van der Waals surface area contributed by atoms with E-state index in [9.17, 15) is 18.3 Å². The summed E-state index contributed by atoms with van der Waals surface area (Å²) < 4.78 is 29.8. The number of hydrogen-bond donors (Lipinski definition) is 1. The predicted molar refractivity (Wildman–Crippen MR) is 150 cm³/mol. The van der Waals surface area contributed by atoms with E-state index in [4.69, 9.17) is 11.6 Å². The highest BCUT2D eigenvalue weighted by Gasteiger charge is 2.50. The van der Waals surface area contributed by atoms with Crippen LogP contribution in [-0.2, 0) is 14.8 Å². The van der Waals surface area contributed by atoms with Crippen LogP contribution >= 0.6 is 11.6 Å². The Bertz CT molecular complexity index is 949. The first-order valence-corrected chi connectivity index (χ1v) is 16.3. The quantitative estimate of drug-likeness (QED) is 0.240. The van der Waals surface area contributed by atoms with Crippen LogP contribution in [0.2, 0.25) is 5.02 Å². The molecule has 1 aromatic rings. The van der Waals surface area contributed by atoms with Crippen LogP contribution in [0.4, 0.5) is 0 Å². The molecule has 1 heterocycles. The van der Waals surface area contributed by atoms with E-state index in [1.54, 1.807) is 24.3 Å². The number of halogens is 1. The molecule has 2 unspecified atom stereocenters. The summed E-state index contributed by atoms with van der Waals surface area (Å²) in [4.78, 5) is 15.7. The molecule has 0 spiro atoms. The lowest BCUT2D eigenvalue weighted by Gasteiger charge is -2.42. The Labute approximate surface area is 229 Å². The van der Waals surface area contributed by atoms with Crippen molar-refractivity contribution in [3.05, 3.63) is 29.3 Å². The number of carbonyl (C=O) groups excluding carboxylic acids is 1. The molecule has 0 bridgehead atoms. The van der Waals surface area contributed by atoms with Gasteiger partial charge in [-0.25, -0.2) is 8.42 Å². The van der Waals surface area contributed by atoms with Crippen LogP contribution < -0.4 is 0 Å². The van der Waals surface area contributed by atoms with E-state index in [2.05, 4.69) is 13.8 Å². The summed E-state index contributed by atoms with van der Waals surface area (Å²) in [5.41, 5.74) is -0.0936. The van der Waals surface area contributed by atoms with Gasteiger partial charge in [0, 0.05) is 43.2 Å². The highest BCUT2D eigenvalue weighted by atomic mass is 35.5. The highest BCUT2D eigenvalue weighted by Crippen LogP contribution is 2.55. The lowest BCUT2D eigenvalue weighted by molar-refractivity contribution is -0.133. The number of rotatable bonds is 16. The maximum Gasteiger partial charge on any atom is 0.243 e. The summed E-state index contributed by atoms with van der Waals surface area (Å²) in [6, 6.07) is 6.47. The fourth-order valence-electron chi connectivity index (χ4n) is 5.85. The van der Waals surface area contributed by atoms with Crippen LogP contribution in [0.1, 0.15) is 104 Å². The van der Waals surface area contributed by atoms with Crippen LogP contribution in [0.25, 0.3) is 0 Å². The smallest absolute Gasteiger partial charge is 0.243 e. The Balaban J connectivity index is 1.78. The van der Waals surface area contributed by atoms with Crippen LogP contribution in [0.15, 0.2) is 29.2 Å². The van der Waals surface area contributed by atoms with Gasteiger partial charge in [0.25, 0.3) is 0 Å². The van der Waals surface area contributed by atoms with E-state index in [-0.39, 0.29) is 30.0 Å². The topological polar surface area (TPSA) is 77.9 Å². The number of hydrogen-bond acceptors (Lipinski definition) is 4. The van der Waals surface area contributed by atoms with Gasteiger partial charge in [-0.05, 0) is 87.5 Å². The van der Waals surface area contributed by atoms with E-state index in [1.807, 2.05) is 9.21 Å². The second-order valence-electron chi connectivity index (χ2n) is 11.2. The molecule has 2 fully saturated rings. The number of unbranched alkanes of at least 4 members (excludes halogenated alkanes) is 3. The van der Waals surface area contributed by atoms with Crippen molar-refractivity contribution in [2.75, 3.05) is 19.7 Å². The molecular formula is C29H47ClN2O4S. The molecule has 1 N–H and O–H groups in total. The number of benzene rings is 1. The van der Waals surface area contributed by atoms with E-state index in [0.717, 1.165) is 83.6 Å². The molecule has 1 saturated heterocycles. The van der Waals surface area contributed by atoms with Crippen molar-refractivity contribution < 1.29 is 18.3 Å². The molecular weight excluding hydrogens is 508 g/mol. The Morgan fingerprint density at radius 2 is 1.68 bits per heavy atom. The van der Waals surface area contributed by atoms with Gasteiger partial charge in [-0.1, -0.05) is 51.1 Å². The minimum Gasteiger partial charge on any atom is -0.396 e. The van der Waals surface area contributed by atoms with Crippen molar-refractivity contribution in [3.63, 3.8) is 0 Å². The third-order valence-corrected chi connectivity index (χ3v) is 10.5. The fourth-order valence-corrected chi connectivity index (χ4v) is 7.88. The van der Waals surface area contributed by atoms with Crippen molar-refractivity contribution in [2.24, 2.45) is 5.41 Å². The van der Waals surface area contributed by atoms with Crippen LogP contribution in [0, 0.1) is 5.41 Å². The second-order valence-corrected chi connectivity index (χ2v) is 13.5. The molecule has 1 aliphatic carbocycles. The van der Waals surface area contributed by atoms with Gasteiger partial charge in [-0.2, -0.15) is 4.31 Å². The maximum absolute atomic E-state index is 14.0. The molecule has 37 heavy (non-hydrogen) atoms. The minimum absolute atomic E-state index is 0.00501. The van der Waals surface area contributed by atoms with Crippen LogP contribution in [-0.4, -0.2) is 60.4 Å². The molecule has 1 saturated carbocycles. The summed E-state index contributed by atoms with van der Waals surface area (Å²) in [7, 11) is -3.67. The molecule has 2 atom stereocenters. The first-order valence-electron chi connectivity index (χ1n) is 14.4. The van der Waals surface area contributed by atoms with Gasteiger partial charge in [0.15, 0.2) is 0 Å². The summed E-state index contributed by atoms with van der Waals surface area (Å²) in [6.45, 7) is 5.88. The Morgan fingerprint density at radius 1 is 1.03 bits per heavy atom. The molecule has 3 rings (SSSR count). The molecule has 210 valence electrons. The number of piperidine rings is 1. The number of sulfonamides is 1. The molecule has 0 aromatic heterocycles. The van der Waals surface area contributed by atoms with Crippen molar-refractivity contribution in [2.45, 2.75) is 121 Å². The van der Waals surface area contributed by atoms with Crippen LogP contribution in [0.3, 0.4) is 0 Å². The number of aliphatic hydroxyl groups excluding tert-OH is 1. The molecule has 1 amide bonds. The zero-order valence-electron chi connectivity index (χ0n) is 22.8. The predicted octanol–water partition coefficient (Wildman–Crippen LogP) is 6.40. The first kappa shape index (κ1) is 30.4. The lowest BCUT2D eigenvalue weighted by Crippen LogP contribution is -2.51. The van der Waals surface area contributed by atoms with Crippen LogP contribution in [0.5, 0.6) is 0 Å². The number of amides is 1. The third kappa shape index (κ3) is 8.42. The Hall–Kier alpha value is -1.15. The zero-order chi connectivity index (χ0) is 26.9. The van der Waals surface area contributed by atoms with Crippen molar-refractivity contribution in [1.82, 2.24) is 9.21 Å². The molecule has 1 aromatic carbocycles. The fraction of sp³-hybridized carbons (Fsp3) is 0.759. The monoisotopic (exact) mass is 554 g/mol. The SMILES string of the molecule is CCCCC1CCCC(CC2(CC(=O)N(CCCC)CCCCO)CC2)N1S(=O)(=O)c1ccc(Cl)cc1. The maximum atomic E-state index is 14.0. The summed E-state index contributed by atoms with van der Waals surface area (Å²) in [6.07, 6.45) is 12.5. The second kappa shape index (κ2) is 14.3. The lowest BCUT2D eigenvalue weighted by atomic mass is 9.86. The average molecular weight is 555 g/mol. The minimum atomic E-state index is -3.67. The van der Waals surface area contributed by atoms with Gasteiger partial charge in [-0.15, -0.1) is 0 Å².